The first-order valence-corrected chi connectivity index (χ1v) is 11.3. The lowest BCUT2D eigenvalue weighted by Crippen LogP contribution is -2.48. The second-order valence-electron chi connectivity index (χ2n) is 7.67. The van der Waals surface area contributed by atoms with Crippen molar-refractivity contribution in [1.82, 2.24) is 9.80 Å². The van der Waals surface area contributed by atoms with Gasteiger partial charge in [-0.2, -0.15) is 0 Å². The summed E-state index contributed by atoms with van der Waals surface area (Å²) in [6.45, 7) is 6.78. The number of amides is 1. The van der Waals surface area contributed by atoms with Crippen molar-refractivity contribution in [3.05, 3.63) is 51.7 Å². The van der Waals surface area contributed by atoms with Gasteiger partial charge in [-0.25, -0.2) is 0 Å². The number of aliphatic hydroxyl groups excluding tert-OH is 1. The Labute approximate surface area is 183 Å². The monoisotopic (exact) mass is 432 g/mol. The highest BCUT2D eigenvalue weighted by atomic mass is 32.1. The number of thiophene rings is 1. The van der Waals surface area contributed by atoms with E-state index in [1.165, 1.54) is 10.4 Å². The van der Waals surface area contributed by atoms with Gasteiger partial charge >= 0.3 is 0 Å². The number of carbonyl (C=O) groups excluding carboxylic acids is 1. The van der Waals surface area contributed by atoms with Crippen molar-refractivity contribution in [2.24, 2.45) is 0 Å². The zero-order valence-electron chi connectivity index (χ0n) is 18.0. The first-order chi connectivity index (χ1) is 14.5. The predicted octanol–water partition coefficient (Wildman–Crippen LogP) is 2.89. The molecule has 0 radical (unpaired) electrons. The van der Waals surface area contributed by atoms with E-state index in [1.807, 2.05) is 47.9 Å². The van der Waals surface area contributed by atoms with Crippen molar-refractivity contribution in [2.45, 2.75) is 32.4 Å². The molecule has 3 rings (SSSR count). The lowest BCUT2D eigenvalue weighted by Gasteiger charge is -2.37. The number of nitrogens with zero attached hydrogens (tertiary/aromatic N) is 2. The molecule has 1 aromatic heterocycles. The van der Waals surface area contributed by atoms with Crippen LogP contribution in [0.5, 0.6) is 5.75 Å². The lowest BCUT2D eigenvalue weighted by atomic mass is 10.0. The second kappa shape index (κ2) is 10.9. The number of ether oxygens (including phenoxy) is 2. The third-order valence-corrected chi connectivity index (χ3v) is 6.54. The number of aryl methyl sites for hydroxylation is 1. The molecule has 1 aromatic carbocycles. The molecule has 6 nitrogen and oxygen atoms in total. The van der Waals surface area contributed by atoms with Crippen LogP contribution in [-0.4, -0.2) is 73.4 Å². The fourth-order valence-corrected chi connectivity index (χ4v) is 4.82. The maximum Gasteiger partial charge on any atom is 0.237 e. The van der Waals surface area contributed by atoms with Crippen molar-refractivity contribution in [1.29, 1.82) is 0 Å². The van der Waals surface area contributed by atoms with Gasteiger partial charge in [-0.3, -0.25) is 9.69 Å². The van der Waals surface area contributed by atoms with Gasteiger partial charge in [0, 0.05) is 25.1 Å². The SMILES string of the molecule is CCN(CC(=O)N1CCc2sccc2[C@@H]1COc1ccccc1C)C[C@@H](O)COC. The molecule has 0 saturated heterocycles. The Hall–Kier alpha value is -1.93. The molecule has 2 heterocycles. The standard InChI is InChI=1S/C23H32N2O4S/c1-4-24(13-18(26)15-28-3)14-23(27)25-11-9-22-19(10-12-30-22)20(25)16-29-21-8-6-5-7-17(21)2/h5-8,10,12,18,20,26H,4,9,11,13-16H2,1-3H3/t18-,20+/m1/s1. The van der Waals surface area contributed by atoms with Gasteiger partial charge in [-0.15, -0.1) is 11.3 Å². The number of carbonyl (C=O) groups is 1. The minimum absolute atomic E-state index is 0.0664. The average Bonchev–Trinajstić information content (AvgIpc) is 3.21. The van der Waals surface area contributed by atoms with E-state index in [9.17, 15) is 9.90 Å². The van der Waals surface area contributed by atoms with Gasteiger partial charge < -0.3 is 19.5 Å². The largest absolute Gasteiger partial charge is 0.491 e. The van der Waals surface area contributed by atoms with Crippen LogP contribution in [0.25, 0.3) is 0 Å². The summed E-state index contributed by atoms with van der Waals surface area (Å²) in [7, 11) is 1.57. The van der Waals surface area contributed by atoms with Crippen LogP contribution in [0.15, 0.2) is 35.7 Å². The summed E-state index contributed by atoms with van der Waals surface area (Å²) in [6.07, 6.45) is 0.269. The molecule has 0 aliphatic carbocycles. The van der Waals surface area contributed by atoms with E-state index in [-0.39, 0.29) is 25.1 Å². The number of hydrogen-bond acceptors (Lipinski definition) is 6. The Morgan fingerprint density at radius 1 is 1.37 bits per heavy atom. The van der Waals surface area contributed by atoms with Gasteiger partial charge in [0.25, 0.3) is 0 Å². The summed E-state index contributed by atoms with van der Waals surface area (Å²) in [5.41, 5.74) is 2.27. The smallest absolute Gasteiger partial charge is 0.237 e. The Balaban J connectivity index is 1.71. The number of para-hydroxylation sites is 1. The molecule has 1 N–H and O–H groups in total. The number of rotatable bonds is 10. The molecule has 7 heteroatoms. The number of benzene rings is 1. The van der Waals surface area contributed by atoms with E-state index in [2.05, 4.69) is 11.4 Å². The summed E-state index contributed by atoms with van der Waals surface area (Å²) >= 11 is 1.75. The van der Waals surface area contributed by atoms with E-state index in [1.54, 1.807) is 18.4 Å². The number of hydrogen-bond donors (Lipinski definition) is 1. The number of aliphatic hydroxyl groups is 1. The van der Waals surface area contributed by atoms with Crippen molar-refractivity contribution < 1.29 is 19.4 Å². The summed E-state index contributed by atoms with van der Waals surface area (Å²) in [4.78, 5) is 18.5. The van der Waals surface area contributed by atoms with Crippen LogP contribution in [0.1, 0.15) is 29.0 Å². The van der Waals surface area contributed by atoms with Crippen LogP contribution in [0.4, 0.5) is 0 Å². The van der Waals surface area contributed by atoms with Gasteiger partial charge in [0.15, 0.2) is 0 Å². The fraction of sp³-hybridized carbons (Fsp3) is 0.522. The maximum absolute atomic E-state index is 13.2. The van der Waals surface area contributed by atoms with E-state index in [0.29, 0.717) is 26.2 Å². The third kappa shape index (κ3) is 5.60. The molecule has 1 aliphatic rings. The quantitative estimate of drug-likeness (QED) is 0.626. The Morgan fingerprint density at radius 3 is 2.90 bits per heavy atom. The van der Waals surface area contributed by atoms with E-state index < -0.39 is 6.10 Å². The van der Waals surface area contributed by atoms with Gasteiger partial charge in [0.05, 0.1) is 25.3 Å². The van der Waals surface area contributed by atoms with Crippen LogP contribution < -0.4 is 4.74 Å². The van der Waals surface area contributed by atoms with Crippen LogP contribution in [0.3, 0.4) is 0 Å². The third-order valence-electron chi connectivity index (χ3n) is 5.54. The molecule has 1 amide bonds. The van der Waals surface area contributed by atoms with E-state index in [4.69, 9.17) is 9.47 Å². The molecule has 0 spiro atoms. The van der Waals surface area contributed by atoms with Crippen molar-refractivity contribution in [3.8, 4) is 5.75 Å². The van der Waals surface area contributed by atoms with Crippen LogP contribution >= 0.6 is 11.3 Å². The highest BCUT2D eigenvalue weighted by molar-refractivity contribution is 7.10. The lowest BCUT2D eigenvalue weighted by molar-refractivity contribution is -0.136. The first kappa shape index (κ1) is 22.7. The average molecular weight is 433 g/mol. The molecule has 0 fully saturated rings. The molecular weight excluding hydrogens is 400 g/mol. The Bertz CT molecular complexity index is 825. The van der Waals surface area contributed by atoms with Crippen molar-refractivity contribution >= 4 is 17.2 Å². The molecular formula is C23H32N2O4S. The highest BCUT2D eigenvalue weighted by Crippen LogP contribution is 2.34. The topological polar surface area (TPSA) is 62.2 Å². The predicted molar refractivity (Wildman–Crippen MR) is 119 cm³/mol. The van der Waals surface area contributed by atoms with Crippen molar-refractivity contribution in [3.63, 3.8) is 0 Å². The minimum atomic E-state index is -0.604. The van der Waals surface area contributed by atoms with E-state index in [0.717, 1.165) is 17.7 Å². The number of fused-ring (bicyclic) bond motifs is 1. The molecule has 164 valence electrons. The zero-order chi connectivity index (χ0) is 21.5. The van der Waals surface area contributed by atoms with Gasteiger partial charge in [-0.1, -0.05) is 25.1 Å². The van der Waals surface area contributed by atoms with Gasteiger partial charge in [-0.05, 0) is 48.5 Å². The summed E-state index contributed by atoms with van der Waals surface area (Å²) < 4.78 is 11.2. The molecule has 30 heavy (non-hydrogen) atoms. The molecule has 0 saturated carbocycles. The van der Waals surface area contributed by atoms with Gasteiger partial charge in [0.1, 0.15) is 12.4 Å². The fourth-order valence-electron chi connectivity index (χ4n) is 3.89. The molecule has 2 aromatic rings. The number of likely N-dealkylation sites (N-methyl/N-ethyl adjacent to an activating group) is 1. The molecule has 0 bridgehead atoms. The Morgan fingerprint density at radius 2 is 2.17 bits per heavy atom. The molecule has 0 unspecified atom stereocenters. The summed E-state index contributed by atoms with van der Waals surface area (Å²) in [6, 6.07) is 9.97. The molecule has 1 aliphatic heterocycles. The number of methoxy groups -OCH3 is 1. The molecule has 2 atom stereocenters. The Kier molecular flexibility index (Phi) is 8.27. The zero-order valence-corrected chi connectivity index (χ0v) is 18.9. The summed E-state index contributed by atoms with van der Waals surface area (Å²) in [5.74, 6) is 0.918. The maximum atomic E-state index is 13.2. The second-order valence-corrected chi connectivity index (χ2v) is 8.67. The van der Waals surface area contributed by atoms with Crippen LogP contribution in [0, 0.1) is 6.92 Å². The summed E-state index contributed by atoms with van der Waals surface area (Å²) in [5, 5.41) is 12.2. The first-order valence-electron chi connectivity index (χ1n) is 10.5. The normalized spacial score (nSPS) is 17.1. The van der Waals surface area contributed by atoms with Crippen LogP contribution in [-0.2, 0) is 16.0 Å². The van der Waals surface area contributed by atoms with Crippen molar-refractivity contribution in [2.75, 3.05) is 46.5 Å². The highest BCUT2D eigenvalue weighted by Gasteiger charge is 2.33. The van der Waals surface area contributed by atoms with E-state index >= 15 is 0 Å². The minimum Gasteiger partial charge on any atom is -0.491 e. The van der Waals surface area contributed by atoms with Gasteiger partial charge in [0.2, 0.25) is 5.91 Å². The van der Waals surface area contributed by atoms with Crippen LogP contribution in [0.2, 0.25) is 0 Å².